The van der Waals surface area contributed by atoms with E-state index in [1.54, 1.807) is 0 Å². The summed E-state index contributed by atoms with van der Waals surface area (Å²) in [4.78, 5) is 10.8. The van der Waals surface area contributed by atoms with Gasteiger partial charge < -0.3 is 10.2 Å². The van der Waals surface area contributed by atoms with E-state index in [-0.39, 0.29) is 5.92 Å². The molecule has 16 heavy (non-hydrogen) atoms. The number of carboxylic acid groups (broad SMARTS) is 1. The van der Waals surface area contributed by atoms with Crippen LogP contribution in [0.5, 0.6) is 0 Å². The Balaban J connectivity index is 2.05. The summed E-state index contributed by atoms with van der Waals surface area (Å²) in [6.45, 7) is 1.37. The van der Waals surface area contributed by atoms with Gasteiger partial charge in [-0.25, -0.2) is 4.79 Å². The fraction of sp³-hybridized carbons (Fsp3) is 0.462. The number of hydrogen-bond donors (Lipinski definition) is 2. The fourth-order valence-corrected chi connectivity index (χ4v) is 2.44. The van der Waals surface area contributed by atoms with E-state index in [0.717, 1.165) is 12.8 Å². The van der Waals surface area contributed by atoms with E-state index >= 15 is 0 Å². The van der Waals surface area contributed by atoms with E-state index in [4.69, 9.17) is 5.11 Å². The molecule has 0 amide bonds. The van der Waals surface area contributed by atoms with Crippen LogP contribution in [-0.2, 0) is 17.6 Å². The molecule has 1 aromatic carbocycles. The smallest absolute Gasteiger partial charge is 0.335 e. The van der Waals surface area contributed by atoms with Crippen molar-refractivity contribution in [3.8, 4) is 0 Å². The second-order valence-corrected chi connectivity index (χ2v) is 4.83. The quantitative estimate of drug-likeness (QED) is 0.814. The predicted octanol–water partition coefficient (Wildman–Crippen LogP) is 1.63. The van der Waals surface area contributed by atoms with Crippen molar-refractivity contribution in [1.29, 1.82) is 0 Å². The highest BCUT2D eigenvalue weighted by Gasteiger charge is 2.35. The van der Waals surface area contributed by atoms with Crippen molar-refractivity contribution >= 4 is 5.97 Å². The van der Waals surface area contributed by atoms with Crippen molar-refractivity contribution in [2.24, 2.45) is 5.92 Å². The lowest BCUT2D eigenvalue weighted by atomic mass is 9.90. The largest absolute Gasteiger partial charge is 0.479 e. The summed E-state index contributed by atoms with van der Waals surface area (Å²) in [6.07, 6.45) is 2.07. The van der Waals surface area contributed by atoms with Gasteiger partial charge in [0.25, 0.3) is 0 Å². The van der Waals surface area contributed by atoms with Gasteiger partial charge in [0.1, 0.15) is 0 Å². The molecule has 86 valence electrons. The maximum atomic E-state index is 10.8. The van der Waals surface area contributed by atoms with Crippen molar-refractivity contribution in [1.82, 2.24) is 0 Å². The Morgan fingerprint density at radius 3 is 2.31 bits per heavy atom. The van der Waals surface area contributed by atoms with Crippen molar-refractivity contribution in [3.05, 3.63) is 35.4 Å². The van der Waals surface area contributed by atoms with Crippen LogP contribution in [0.15, 0.2) is 24.3 Å². The van der Waals surface area contributed by atoms with Crippen molar-refractivity contribution in [3.63, 3.8) is 0 Å². The van der Waals surface area contributed by atoms with Crippen LogP contribution >= 0.6 is 0 Å². The number of benzene rings is 1. The molecule has 3 nitrogen and oxygen atoms in total. The summed E-state index contributed by atoms with van der Waals surface area (Å²) in [5, 5.41) is 18.6. The molecular weight excluding hydrogens is 204 g/mol. The van der Waals surface area contributed by atoms with Gasteiger partial charge in [0, 0.05) is 0 Å². The summed E-state index contributed by atoms with van der Waals surface area (Å²) in [7, 11) is 0. The van der Waals surface area contributed by atoms with Gasteiger partial charge >= 0.3 is 5.97 Å². The Labute approximate surface area is 94.7 Å². The summed E-state index contributed by atoms with van der Waals surface area (Å²) >= 11 is 0. The molecule has 3 heteroatoms. The van der Waals surface area contributed by atoms with Gasteiger partial charge in [-0.05, 0) is 43.2 Å². The van der Waals surface area contributed by atoms with E-state index in [0.29, 0.717) is 6.42 Å². The van der Waals surface area contributed by atoms with Crippen molar-refractivity contribution in [2.75, 3.05) is 0 Å². The average molecular weight is 220 g/mol. The Bertz CT molecular complexity index is 384. The van der Waals surface area contributed by atoms with Gasteiger partial charge in [0.15, 0.2) is 5.60 Å². The van der Waals surface area contributed by atoms with Crippen LogP contribution in [0, 0.1) is 5.92 Å². The minimum absolute atomic E-state index is 0.239. The van der Waals surface area contributed by atoms with Crippen molar-refractivity contribution < 1.29 is 15.0 Å². The molecule has 0 saturated heterocycles. The predicted molar refractivity (Wildman–Crippen MR) is 60.2 cm³/mol. The zero-order chi connectivity index (χ0) is 11.8. The van der Waals surface area contributed by atoms with Crippen LogP contribution in [0.4, 0.5) is 0 Å². The highest BCUT2D eigenvalue weighted by atomic mass is 16.4. The molecule has 2 rings (SSSR count). The third-order valence-electron chi connectivity index (χ3n) is 3.28. The Morgan fingerprint density at radius 2 is 1.88 bits per heavy atom. The molecule has 0 fully saturated rings. The number of hydrogen-bond acceptors (Lipinski definition) is 2. The molecule has 0 aromatic heterocycles. The van der Waals surface area contributed by atoms with E-state index < -0.39 is 11.6 Å². The summed E-state index contributed by atoms with van der Waals surface area (Å²) in [5.74, 6) is -0.896. The third kappa shape index (κ3) is 2.09. The minimum Gasteiger partial charge on any atom is -0.479 e. The maximum absolute atomic E-state index is 10.8. The highest BCUT2D eigenvalue weighted by molar-refractivity contribution is 5.76. The van der Waals surface area contributed by atoms with Crippen LogP contribution in [-0.4, -0.2) is 21.8 Å². The number of aliphatic carboxylic acids is 1. The molecule has 1 atom stereocenters. The van der Waals surface area contributed by atoms with Gasteiger partial charge in [-0.3, -0.25) is 0 Å². The SMILES string of the molecule is CC(O)(CC1Cc2ccccc2C1)C(=O)O. The first-order chi connectivity index (χ1) is 7.49. The van der Waals surface area contributed by atoms with E-state index in [9.17, 15) is 9.90 Å². The fourth-order valence-electron chi connectivity index (χ4n) is 2.44. The molecule has 1 aromatic rings. The van der Waals surface area contributed by atoms with Gasteiger partial charge in [0.2, 0.25) is 0 Å². The number of carbonyl (C=O) groups is 1. The van der Waals surface area contributed by atoms with Gasteiger partial charge in [-0.15, -0.1) is 0 Å². The van der Waals surface area contributed by atoms with Gasteiger partial charge in [0.05, 0.1) is 0 Å². The molecule has 1 unspecified atom stereocenters. The topological polar surface area (TPSA) is 57.5 Å². The lowest BCUT2D eigenvalue weighted by Gasteiger charge is -2.21. The molecule has 0 saturated carbocycles. The van der Waals surface area contributed by atoms with Crippen LogP contribution in [0.3, 0.4) is 0 Å². The molecule has 0 heterocycles. The first-order valence-electron chi connectivity index (χ1n) is 5.51. The van der Waals surface area contributed by atoms with Crippen LogP contribution < -0.4 is 0 Å². The maximum Gasteiger partial charge on any atom is 0.335 e. The second-order valence-electron chi connectivity index (χ2n) is 4.83. The molecule has 0 spiro atoms. The van der Waals surface area contributed by atoms with Crippen LogP contribution in [0.2, 0.25) is 0 Å². The standard InChI is InChI=1S/C13H16O3/c1-13(16,12(14)15)8-9-6-10-4-2-3-5-11(10)7-9/h2-5,9,16H,6-8H2,1H3,(H,14,15). The van der Waals surface area contributed by atoms with Crippen LogP contribution in [0.25, 0.3) is 0 Å². The molecule has 1 aliphatic rings. The van der Waals surface area contributed by atoms with E-state index in [1.807, 2.05) is 12.1 Å². The molecular formula is C13H16O3. The monoisotopic (exact) mass is 220 g/mol. The average Bonchev–Trinajstić information content (AvgIpc) is 2.58. The Morgan fingerprint density at radius 1 is 1.38 bits per heavy atom. The number of carboxylic acids is 1. The number of fused-ring (bicyclic) bond motifs is 1. The zero-order valence-electron chi connectivity index (χ0n) is 9.31. The zero-order valence-corrected chi connectivity index (χ0v) is 9.31. The molecule has 2 N–H and O–H groups in total. The Kier molecular flexibility index (Phi) is 2.72. The lowest BCUT2D eigenvalue weighted by Crippen LogP contribution is -2.37. The molecule has 0 aliphatic heterocycles. The molecule has 0 radical (unpaired) electrons. The Hall–Kier alpha value is -1.35. The number of rotatable bonds is 3. The third-order valence-corrected chi connectivity index (χ3v) is 3.28. The summed E-state index contributed by atoms with van der Waals surface area (Å²) < 4.78 is 0. The molecule has 0 bridgehead atoms. The number of aliphatic hydroxyl groups is 1. The van der Waals surface area contributed by atoms with Crippen LogP contribution in [0.1, 0.15) is 24.5 Å². The first-order valence-corrected chi connectivity index (χ1v) is 5.51. The minimum atomic E-state index is -1.60. The first kappa shape index (κ1) is 11.1. The van der Waals surface area contributed by atoms with Gasteiger partial charge in [-0.2, -0.15) is 0 Å². The summed E-state index contributed by atoms with van der Waals surface area (Å²) in [5.41, 5.74) is 0.967. The van der Waals surface area contributed by atoms with Gasteiger partial charge in [-0.1, -0.05) is 24.3 Å². The molecule has 1 aliphatic carbocycles. The second kappa shape index (κ2) is 3.91. The summed E-state index contributed by atoms with van der Waals surface area (Å²) in [6, 6.07) is 8.14. The normalized spacial score (nSPS) is 19.1. The lowest BCUT2D eigenvalue weighted by molar-refractivity contribution is -0.158. The van der Waals surface area contributed by atoms with Crippen molar-refractivity contribution in [2.45, 2.75) is 31.8 Å². The highest BCUT2D eigenvalue weighted by Crippen LogP contribution is 2.31. The van der Waals surface area contributed by atoms with E-state index in [2.05, 4.69) is 12.1 Å². The van der Waals surface area contributed by atoms with E-state index in [1.165, 1.54) is 18.1 Å².